The molecular weight excluding hydrogens is 432 g/mol. The molecule has 0 saturated heterocycles. The average molecular weight is 452 g/mol. The van der Waals surface area contributed by atoms with Gasteiger partial charge in [0.2, 0.25) is 0 Å². The zero-order valence-corrected chi connectivity index (χ0v) is 17.2. The van der Waals surface area contributed by atoms with Crippen molar-refractivity contribution in [2.24, 2.45) is 0 Å². The number of hydrogen-bond acceptors (Lipinski definition) is 5. The molecule has 0 radical (unpaired) electrons. The van der Waals surface area contributed by atoms with Crippen LogP contribution in [-0.4, -0.2) is 27.3 Å². The molecule has 3 unspecified atom stereocenters. The van der Waals surface area contributed by atoms with Crippen LogP contribution in [0, 0.1) is 5.82 Å². The third kappa shape index (κ3) is 4.35. The summed E-state index contributed by atoms with van der Waals surface area (Å²) in [5.41, 5.74) is 1.36. The Morgan fingerprint density at radius 3 is 2.58 bits per heavy atom. The fraction of sp³-hybridized carbons (Fsp3) is 0.286. The minimum Gasteiger partial charge on any atom is -0.369 e. The Labute approximate surface area is 180 Å². The number of halogens is 4. The highest BCUT2D eigenvalue weighted by atomic mass is 32.2. The molecular formula is C21H20F4N4OS. The van der Waals surface area contributed by atoms with Crippen molar-refractivity contribution in [1.82, 2.24) is 9.78 Å². The zero-order valence-electron chi connectivity index (χ0n) is 16.4. The molecule has 0 spiro atoms. The van der Waals surface area contributed by atoms with E-state index >= 15 is 0 Å². The van der Waals surface area contributed by atoms with Crippen LogP contribution in [0.3, 0.4) is 0 Å². The lowest BCUT2D eigenvalue weighted by Crippen LogP contribution is -2.36. The van der Waals surface area contributed by atoms with Gasteiger partial charge in [-0.2, -0.15) is 18.3 Å². The number of para-hydroxylation sites is 1. The molecule has 0 saturated carbocycles. The van der Waals surface area contributed by atoms with E-state index in [4.69, 9.17) is 0 Å². The molecule has 5 nitrogen and oxygen atoms in total. The molecule has 0 bridgehead atoms. The Kier molecular flexibility index (Phi) is 5.85. The molecule has 3 atom stereocenters. The number of anilines is 2. The number of hydrogen-bond donors (Lipinski definition) is 3. The van der Waals surface area contributed by atoms with Crippen LogP contribution in [0.25, 0.3) is 0 Å². The number of alkyl halides is 3. The number of fused-ring (bicyclic) bond motifs is 1. The van der Waals surface area contributed by atoms with Gasteiger partial charge in [0.15, 0.2) is 12.3 Å². The van der Waals surface area contributed by atoms with E-state index in [1.807, 2.05) is 18.4 Å². The first kappa shape index (κ1) is 21.5. The lowest BCUT2D eigenvalue weighted by molar-refractivity contribution is -0.173. The van der Waals surface area contributed by atoms with Crippen molar-refractivity contribution in [3.63, 3.8) is 0 Å². The third-order valence-corrected chi connectivity index (χ3v) is 6.03. The van der Waals surface area contributed by atoms with Gasteiger partial charge in [0.25, 0.3) is 0 Å². The molecule has 1 aromatic heterocycles. The van der Waals surface area contributed by atoms with Gasteiger partial charge in [-0.15, -0.1) is 11.8 Å². The first-order valence-electron chi connectivity index (χ1n) is 9.51. The van der Waals surface area contributed by atoms with Crippen molar-refractivity contribution in [3.05, 3.63) is 71.7 Å². The van der Waals surface area contributed by atoms with Crippen molar-refractivity contribution in [2.75, 3.05) is 16.9 Å². The summed E-state index contributed by atoms with van der Waals surface area (Å²) in [5, 5.41) is 20.7. The van der Waals surface area contributed by atoms with Gasteiger partial charge < -0.3 is 15.7 Å². The van der Waals surface area contributed by atoms with E-state index in [-0.39, 0.29) is 17.8 Å². The quantitative estimate of drug-likeness (QED) is 0.271. The number of rotatable bonds is 5. The van der Waals surface area contributed by atoms with Crippen molar-refractivity contribution in [3.8, 4) is 0 Å². The lowest BCUT2D eigenvalue weighted by Gasteiger charge is -2.34. The monoisotopic (exact) mass is 452 g/mol. The molecule has 2 heterocycles. The molecule has 3 N–H and O–H groups in total. The summed E-state index contributed by atoms with van der Waals surface area (Å²) in [6.45, 7) is 0. The zero-order chi connectivity index (χ0) is 22.2. The van der Waals surface area contributed by atoms with E-state index in [9.17, 15) is 22.7 Å². The summed E-state index contributed by atoms with van der Waals surface area (Å²) < 4.78 is 55.6. The van der Waals surface area contributed by atoms with Crippen LogP contribution >= 0.6 is 11.8 Å². The van der Waals surface area contributed by atoms with Crippen molar-refractivity contribution in [1.29, 1.82) is 0 Å². The normalized spacial score (nSPS) is 19.4. The lowest BCUT2D eigenvalue weighted by atomic mass is 9.96. The summed E-state index contributed by atoms with van der Waals surface area (Å²) in [7, 11) is 0. The molecule has 4 rings (SSSR count). The van der Waals surface area contributed by atoms with E-state index in [1.54, 1.807) is 12.1 Å². The summed E-state index contributed by atoms with van der Waals surface area (Å²) in [6.07, 6.45) is -3.01. The minimum atomic E-state index is -4.54. The van der Waals surface area contributed by atoms with Crippen molar-refractivity contribution >= 4 is 23.3 Å². The van der Waals surface area contributed by atoms with E-state index in [1.165, 1.54) is 42.2 Å². The van der Waals surface area contributed by atoms with Gasteiger partial charge in [-0.05, 0) is 36.1 Å². The van der Waals surface area contributed by atoms with Crippen LogP contribution in [0.4, 0.5) is 29.1 Å². The maximum absolute atomic E-state index is 13.8. The number of nitrogens with zero attached hydrogens (tertiary/aromatic N) is 2. The summed E-state index contributed by atoms with van der Waals surface area (Å²) >= 11 is 1.48. The molecule has 3 aromatic rings. The highest BCUT2D eigenvalue weighted by Crippen LogP contribution is 2.45. The molecule has 2 aromatic carbocycles. The van der Waals surface area contributed by atoms with Gasteiger partial charge in [0, 0.05) is 11.3 Å². The molecule has 0 aliphatic carbocycles. The van der Waals surface area contributed by atoms with E-state index in [0.717, 1.165) is 9.58 Å². The van der Waals surface area contributed by atoms with Crippen LogP contribution in [0.15, 0.2) is 59.6 Å². The van der Waals surface area contributed by atoms with Gasteiger partial charge in [-0.3, -0.25) is 0 Å². The topological polar surface area (TPSA) is 62.1 Å². The second-order valence-corrected chi connectivity index (χ2v) is 8.03. The van der Waals surface area contributed by atoms with Gasteiger partial charge >= 0.3 is 6.18 Å². The Morgan fingerprint density at radius 1 is 1.19 bits per heavy atom. The Balaban J connectivity index is 1.68. The predicted molar refractivity (Wildman–Crippen MR) is 112 cm³/mol. The van der Waals surface area contributed by atoms with E-state index in [2.05, 4.69) is 15.7 Å². The maximum Gasteiger partial charge on any atom is 0.410 e. The van der Waals surface area contributed by atoms with Gasteiger partial charge in [-0.25, -0.2) is 9.07 Å². The SMILES string of the molecule is CSc1ccccc1NC(O)c1cnn2c1NC(c1ccc(F)cc1)CC2C(F)(F)F. The molecule has 0 fully saturated rings. The van der Waals surface area contributed by atoms with Crippen molar-refractivity contribution < 1.29 is 22.7 Å². The number of aliphatic hydroxyl groups excluding tert-OH is 1. The first-order valence-corrected chi connectivity index (χ1v) is 10.7. The fourth-order valence-corrected chi connectivity index (χ4v) is 4.25. The number of aromatic nitrogens is 2. The minimum absolute atomic E-state index is 0.0736. The van der Waals surface area contributed by atoms with Crippen LogP contribution in [0.5, 0.6) is 0 Å². The number of benzene rings is 2. The first-order chi connectivity index (χ1) is 14.8. The van der Waals surface area contributed by atoms with Gasteiger partial charge in [-0.1, -0.05) is 24.3 Å². The predicted octanol–water partition coefficient (Wildman–Crippen LogP) is 5.51. The molecule has 1 aliphatic heterocycles. The second kappa shape index (κ2) is 8.43. The van der Waals surface area contributed by atoms with E-state index in [0.29, 0.717) is 11.3 Å². The Morgan fingerprint density at radius 2 is 1.90 bits per heavy atom. The smallest absolute Gasteiger partial charge is 0.369 e. The maximum atomic E-state index is 13.8. The number of aliphatic hydroxyl groups is 1. The molecule has 0 amide bonds. The molecule has 31 heavy (non-hydrogen) atoms. The van der Waals surface area contributed by atoms with Gasteiger partial charge in [0.05, 0.1) is 23.5 Å². The highest BCUT2D eigenvalue weighted by Gasteiger charge is 2.47. The summed E-state index contributed by atoms with van der Waals surface area (Å²) in [5.74, 6) is -0.394. The molecule has 10 heteroatoms. The third-order valence-electron chi connectivity index (χ3n) is 5.23. The Hall–Kier alpha value is -2.72. The Bertz CT molecular complexity index is 1050. The van der Waals surface area contributed by atoms with Gasteiger partial charge in [0.1, 0.15) is 11.6 Å². The van der Waals surface area contributed by atoms with Crippen LogP contribution in [0.1, 0.15) is 35.9 Å². The van der Waals surface area contributed by atoms with Crippen molar-refractivity contribution in [2.45, 2.75) is 35.8 Å². The summed E-state index contributed by atoms with van der Waals surface area (Å²) in [6, 6.07) is 10.0. The summed E-state index contributed by atoms with van der Waals surface area (Å²) in [4.78, 5) is 0.882. The van der Waals surface area contributed by atoms with Crippen LogP contribution in [-0.2, 0) is 0 Å². The molecule has 164 valence electrons. The average Bonchev–Trinajstić information content (AvgIpc) is 3.17. The second-order valence-electron chi connectivity index (χ2n) is 7.18. The van der Waals surface area contributed by atoms with Crippen LogP contribution < -0.4 is 10.6 Å². The molecule has 1 aliphatic rings. The fourth-order valence-electron chi connectivity index (χ4n) is 3.68. The van der Waals surface area contributed by atoms with E-state index < -0.39 is 30.3 Å². The number of thioether (sulfide) groups is 1. The highest BCUT2D eigenvalue weighted by molar-refractivity contribution is 7.98. The van der Waals surface area contributed by atoms with Crippen LogP contribution in [0.2, 0.25) is 0 Å². The standard InChI is InChI=1S/C21H20F4N4OS/c1-31-17-5-3-2-4-15(17)28-20(30)14-11-26-29-18(21(23,24)25)10-16(27-19(14)29)12-6-8-13(22)9-7-12/h2-9,11,16,18,20,27-28,30H,10H2,1H3. The largest absolute Gasteiger partial charge is 0.410 e. The number of nitrogens with one attached hydrogen (secondary N) is 2.